The van der Waals surface area contributed by atoms with E-state index < -0.39 is 8.32 Å². The van der Waals surface area contributed by atoms with Gasteiger partial charge in [-0.3, -0.25) is 4.79 Å². The first-order valence-electron chi connectivity index (χ1n) is 8.48. The van der Waals surface area contributed by atoms with Gasteiger partial charge in [0.05, 0.1) is 18.8 Å². The fourth-order valence-corrected chi connectivity index (χ4v) is 2.86. The maximum Gasteiger partial charge on any atom is 0.338 e. The molecule has 0 aromatic heterocycles. The number of rotatable bonds is 8. The summed E-state index contributed by atoms with van der Waals surface area (Å²) in [5.41, 5.74) is 1.49. The van der Waals surface area contributed by atoms with Crippen LogP contribution >= 0.6 is 0 Å². The fraction of sp³-hybridized carbons (Fsp3) is 0.579. The lowest BCUT2D eigenvalue weighted by Gasteiger charge is -2.35. The van der Waals surface area contributed by atoms with Crippen molar-refractivity contribution in [3.05, 3.63) is 35.4 Å². The van der Waals surface area contributed by atoms with Crippen LogP contribution in [-0.4, -0.2) is 33.3 Å². The van der Waals surface area contributed by atoms with E-state index in [1.807, 2.05) is 12.1 Å². The Labute approximate surface area is 146 Å². The molecule has 0 N–H and O–H groups in total. The van der Waals surface area contributed by atoms with E-state index in [-0.39, 0.29) is 23.4 Å². The van der Waals surface area contributed by atoms with Gasteiger partial charge in [-0.15, -0.1) is 0 Å². The molecule has 0 bridgehead atoms. The highest BCUT2D eigenvalue weighted by Crippen LogP contribution is 2.36. The number of carbonyl (C=O) groups excluding carboxylic acids is 2. The highest BCUT2D eigenvalue weighted by atomic mass is 28.4. The topological polar surface area (TPSA) is 52.6 Å². The normalized spacial score (nSPS) is 12.1. The van der Waals surface area contributed by atoms with Crippen molar-refractivity contribution in [3.63, 3.8) is 0 Å². The first kappa shape index (κ1) is 20.6. The molecule has 0 aliphatic carbocycles. The fourth-order valence-electron chi connectivity index (χ4n) is 1.90. The summed E-state index contributed by atoms with van der Waals surface area (Å²) in [6, 6.07) is 7.26. The van der Waals surface area contributed by atoms with Crippen molar-refractivity contribution < 1.29 is 18.8 Å². The number of esters is 1. The minimum atomic E-state index is -1.89. The Morgan fingerprint density at radius 1 is 1.17 bits per heavy atom. The van der Waals surface area contributed by atoms with Crippen LogP contribution in [0.3, 0.4) is 0 Å². The standard InChI is InChI=1S/C19H30O4Si/c1-7-22-18(21)16-10-8-9-15(13-16)11-12-17(20)14-23-24(5,6)19(2,3)4/h8-10,13H,7,11-12,14H2,1-6H3. The van der Waals surface area contributed by atoms with Crippen LogP contribution in [0.4, 0.5) is 0 Å². The zero-order valence-corrected chi connectivity index (χ0v) is 16.8. The quantitative estimate of drug-likeness (QED) is 0.515. The molecule has 0 spiro atoms. The molecule has 0 fully saturated rings. The monoisotopic (exact) mass is 350 g/mol. The van der Waals surface area contributed by atoms with E-state index in [1.165, 1.54) is 0 Å². The van der Waals surface area contributed by atoms with E-state index in [4.69, 9.17) is 9.16 Å². The number of ether oxygens (including phenoxy) is 1. The third-order valence-electron chi connectivity index (χ3n) is 4.53. The van der Waals surface area contributed by atoms with Crippen molar-refractivity contribution in [1.82, 2.24) is 0 Å². The number of Topliss-reactive ketones (excluding diaryl/α,β-unsaturated/α-hetero) is 1. The van der Waals surface area contributed by atoms with Crippen LogP contribution in [0.1, 0.15) is 50.0 Å². The van der Waals surface area contributed by atoms with Crippen molar-refractivity contribution >= 4 is 20.1 Å². The van der Waals surface area contributed by atoms with Crippen LogP contribution in [0.25, 0.3) is 0 Å². The van der Waals surface area contributed by atoms with E-state index in [1.54, 1.807) is 19.1 Å². The van der Waals surface area contributed by atoms with Crippen LogP contribution in [0.15, 0.2) is 24.3 Å². The molecule has 24 heavy (non-hydrogen) atoms. The van der Waals surface area contributed by atoms with Gasteiger partial charge in [0.25, 0.3) is 0 Å². The maximum absolute atomic E-state index is 12.1. The van der Waals surface area contributed by atoms with Gasteiger partial charge in [-0.05, 0) is 49.2 Å². The van der Waals surface area contributed by atoms with Gasteiger partial charge >= 0.3 is 5.97 Å². The number of aryl methyl sites for hydroxylation is 1. The third-order valence-corrected chi connectivity index (χ3v) is 9.01. The van der Waals surface area contributed by atoms with E-state index in [2.05, 4.69) is 33.9 Å². The van der Waals surface area contributed by atoms with Gasteiger partial charge in [0.2, 0.25) is 0 Å². The van der Waals surface area contributed by atoms with Crippen LogP contribution in [0.2, 0.25) is 18.1 Å². The average Bonchev–Trinajstić information content (AvgIpc) is 2.50. The lowest BCUT2D eigenvalue weighted by Crippen LogP contribution is -2.42. The number of carbonyl (C=O) groups is 2. The molecule has 0 amide bonds. The first-order valence-corrected chi connectivity index (χ1v) is 11.4. The highest BCUT2D eigenvalue weighted by Gasteiger charge is 2.37. The molecule has 0 atom stereocenters. The van der Waals surface area contributed by atoms with Crippen LogP contribution in [-0.2, 0) is 20.4 Å². The van der Waals surface area contributed by atoms with Gasteiger partial charge in [-0.1, -0.05) is 32.9 Å². The molecular formula is C19H30O4Si. The first-order chi connectivity index (χ1) is 11.1. The Bertz CT molecular complexity index is 573. The Hall–Kier alpha value is -1.46. The van der Waals surface area contributed by atoms with Gasteiger partial charge in [0.15, 0.2) is 14.1 Å². The zero-order chi connectivity index (χ0) is 18.4. The Morgan fingerprint density at radius 3 is 2.42 bits per heavy atom. The minimum Gasteiger partial charge on any atom is -0.462 e. The average molecular weight is 351 g/mol. The van der Waals surface area contributed by atoms with E-state index in [0.717, 1.165) is 5.56 Å². The van der Waals surface area contributed by atoms with Crippen molar-refractivity contribution in [2.24, 2.45) is 0 Å². The Balaban J connectivity index is 2.53. The molecule has 0 heterocycles. The molecule has 134 valence electrons. The molecular weight excluding hydrogens is 320 g/mol. The van der Waals surface area contributed by atoms with Gasteiger partial charge in [0, 0.05) is 6.42 Å². The maximum atomic E-state index is 12.1. The van der Waals surface area contributed by atoms with Crippen molar-refractivity contribution in [2.75, 3.05) is 13.2 Å². The summed E-state index contributed by atoms with van der Waals surface area (Å²) in [5, 5.41) is 0.0985. The largest absolute Gasteiger partial charge is 0.462 e. The van der Waals surface area contributed by atoms with Gasteiger partial charge < -0.3 is 9.16 Å². The molecule has 1 aromatic carbocycles. The number of benzene rings is 1. The van der Waals surface area contributed by atoms with Crippen molar-refractivity contribution in [3.8, 4) is 0 Å². The molecule has 0 radical (unpaired) electrons. The van der Waals surface area contributed by atoms with Gasteiger partial charge in [-0.2, -0.15) is 0 Å². The van der Waals surface area contributed by atoms with Gasteiger partial charge in [0.1, 0.15) is 0 Å². The van der Waals surface area contributed by atoms with E-state index in [9.17, 15) is 9.59 Å². The predicted molar refractivity (Wildman–Crippen MR) is 98.9 cm³/mol. The summed E-state index contributed by atoms with van der Waals surface area (Å²) in [4.78, 5) is 23.9. The SMILES string of the molecule is CCOC(=O)c1cccc(CCC(=O)CO[Si](C)(C)C(C)(C)C)c1. The molecule has 1 rings (SSSR count). The smallest absolute Gasteiger partial charge is 0.338 e. The summed E-state index contributed by atoms with van der Waals surface area (Å²) >= 11 is 0. The summed E-state index contributed by atoms with van der Waals surface area (Å²) in [5.74, 6) is -0.228. The van der Waals surface area contributed by atoms with Crippen molar-refractivity contribution in [1.29, 1.82) is 0 Å². The second kappa shape index (κ2) is 8.58. The van der Waals surface area contributed by atoms with E-state index >= 15 is 0 Å². The molecule has 5 heteroatoms. The minimum absolute atomic E-state index is 0.0985. The molecule has 0 unspecified atom stereocenters. The summed E-state index contributed by atoms with van der Waals surface area (Å²) in [6.07, 6.45) is 1.02. The molecule has 4 nitrogen and oxygen atoms in total. The number of hydrogen-bond donors (Lipinski definition) is 0. The Kier molecular flexibility index (Phi) is 7.36. The second-order valence-corrected chi connectivity index (χ2v) is 12.3. The lowest BCUT2D eigenvalue weighted by atomic mass is 10.1. The predicted octanol–water partition coefficient (Wildman–Crippen LogP) is 4.39. The highest BCUT2D eigenvalue weighted by molar-refractivity contribution is 6.74. The molecule has 0 aliphatic rings. The summed E-state index contributed by atoms with van der Waals surface area (Å²) < 4.78 is 10.9. The molecule has 0 saturated heterocycles. The third kappa shape index (κ3) is 6.21. The second-order valence-electron chi connectivity index (χ2n) is 7.51. The number of hydrogen-bond acceptors (Lipinski definition) is 4. The zero-order valence-electron chi connectivity index (χ0n) is 15.8. The van der Waals surface area contributed by atoms with Gasteiger partial charge in [-0.25, -0.2) is 4.79 Å². The Morgan fingerprint density at radius 2 is 1.83 bits per heavy atom. The molecule has 1 aromatic rings. The molecule has 0 saturated carbocycles. The number of ketones is 1. The molecule has 0 aliphatic heterocycles. The summed E-state index contributed by atoms with van der Waals surface area (Å²) in [6.45, 7) is 13.1. The lowest BCUT2D eigenvalue weighted by molar-refractivity contribution is -0.121. The van der Waals surface area contributed by atoms with Crippen LogP contribution < -0.4 is 0 Å². The summed E-state index contributed by atoms with van der Waals surface area (Å²) in [7, 11) is -1.89. The van der Waals surface area contributed by atoms with Crippen LogP contribution in [0, 0.1) is 0 Å². The van der Waals surface area contributed by atoms with Crippen LogP contribution in [0.5, 0.6) is 0 Å². The van der Waals surface area contributed by atoms with E-state index in [0.29, 0.717) is 25.0 Å². The van der Waals surface area contributed by atoms with Crippen molar-refractivity contribution in [2.45, 2.75) is 58.7 Å².